The maximum atomic E-state index is 6.13. The Morgan fingerprint density at radius 3 is 2.65 bits per heavy atom. The molecule has 2 fully saturated rings. The summed E-state index contributed by atoms with van der Waals surface area (Å²) in [4.78, 5) is 7.00. The number of hydrogen-bond donors (Lipinski definition) is 0. The maximum absolute atomic E-state index is 6.13. The van der Waals surface area contributed by atoms with Crippen molar-refractivity contribution in [2.24, 2.45) is 0 Å². The molecule has 2 aromatic rings. The van der Waals surface area contributed by atoms with E-state index >= 15 is 0 Å². The second kappa shape index (κ2) is 7.14. The summed E-state index contributed by atoms with van der Waals surface area (Å²) >= 11 is 3.72. The Bertz CT molecular complexity index is 608. The van der Waals surface area contributed by atoms with Gasteiger partial charge in [0, 0.05) is 17.6 Å². The highest BCUT2D eigenvalue weighted by atomic mass is 32.2. The fourth-order valence-corrected chi connectivity index (χ4v) is 5.14. The predicted octanol–water partition coefficient (Wildman–Crippen LogP) is 4.76. The molecular formula is C18H22N2OS2. The van der Waals surface area contributed by atoms with Crippen molar-refractivity contribution >= 4 is 28.8 Å². The zero-order valence-corrected chi connectivity index (χ0v) is 14.8. The molecule has 0 amide bonds. The smallest absolute Gasteiger partial charge is 0.119 e. The van der Waals surface area contributed by atoms with Crippen LogP contribution in [-0.2, 0) is 0 Å². The van der Waals surface area contributed by atoms with E-state index in [1.165, 1.54) is 48.6 Å². The lowest BCUT2D eigenvalue weighted by molar-refractivity contribution is 0.192. The number of nitrogens with zero attached hydrogens (tertiary/aromatic N) is 2. The maximum Gasteiger partial charge on any atom is 0.119 e. The van der Waals surface area contributed by atoms with Crippen LogP contribution >= 0.6 is 23.1 Å². The highest BCUT2D eigenvalue weighted by molar-refractivity contribution is 7.99. The summed E-state index contributed by atoms with van der Waals surface area (Å²) in [5.74, 6) is 3.47. The van der Waals surface area contributed by atoms with Gasteiger partial charge in [0.25, 0.3) is 0 Å². The van der Waals surface area contributed by atoms with E-state index in [4.69, 9.17) is 4.74 Å². The third-order valence-electron chi connectivity index (χ3n) is 4.69. The van der Waals surface area contributed by atoms with Crippen molar-refractivity contribution in [3.05, 3.63) is 40.8 Å². The van der Waals surface area contributed by atoms with E-state index in [1.54, 1.807) is 11.3 Å². The normalized spacial score (nSPS) is 22.4. The number of thiazole rings is 1. The van der Waals surface area contributed by atoms with Crippen LogP contribution in [0.3, 0.4) is 0 Å². The van der Waals surface area contributed by atoms with Gasteiger partial charge in [-0.3, -0.25) is 0 Å². The van der Waals surface area contributed by atoms with Crippen LogP contribution in [0.1, 0.15) is 37.4 Å². The summed E-state index contributed by atoms with van der Waals surface area (Å²) < 4.78 is 6.13. The first kappa shape index (κ1) is 15.3. The van der Waals surface area contributed by atoms with Gasteiger partial charge in [0.1, 0.15) is 11.9 Å². The Kier molecular flexibility index (Phi) is 4.76. The topological polar surface area (TPSA) is 25.4 Å². The monoisotopic (exact) mass is 346 g/mol. The van der Waals surface area contributed by atoms with Crippen LogP contribution in [0.2, 0.25) is 0 Å². The number of thioether (sulfide) groups is 1. The van der Waals surface area contributed by atoms with Crippen LogP contribution < -0.4 is 9.64 Å². The minimum absolute atomic E-state index is 0.400. The zero-order valence-electron chi connectivity index (χ0n) is 13.2. The zero-order chi connectivity index (χ0) is 15.5. The van der Waals surface area contributed by atoms with Gasteiger partial charge in [-0.2, -0.15) is 11.8 Å². The van der Waals surface area contributed by atoms with Gasteiger partial charge in [-0.15, -0.1) is 11.3 Å². The molecule has 122 valence electrons. The van der Waals surface area contributed by atoms with E-state index in [1.807, 2.05) is 17.3 Å². The molecule has 2 saturated heterocycles. The van der Waals surface area contributed by atoms with Crippen molar-refractivity contribution in [2.75, 3.05) is 23.0 Å². The minimum atomic E-state index is 0.400. The molecule has 4 rings (SSSR count). The molecule has 0 bridgehead atoms. The van der Waals surface area contributed by atoms with Crippen LogP contribution in [0.15, 0.2) is 35.2 Å². The van der Waals surface area contributed by atoms with Gasteiger partial charge in [-0.05, 0) is 61.5 Å². The summed E-state index contributed by atoms with van der Waals surface area (Å²) in [6, 6.07) is 9.11. The Labute approximate surface area is 146 Å². The van der Waals surface area contributed by atoms with Crippen molar-refractivity contribution in [2.45, 2.75) is 37.8 Å². The number of anilines is 1. The van der Waals surface area contributed by atoms with Crippen molar-refractivity contribution < 1.29 is 4.74 Å². The Hall–Kier alpha value is -1.20. The van der Waals surface area contributed by atoms with E-state index in [0.29, 0.717) is 12.1 Å². The minimum Gasteiger partial charge on any atom is -0.490 e. The van der Waals surface area contributed by atoms with Gasteiger partial charge in [0.2, 0.25) is 0 Å². The van der Waals surface area contributed by atoms with E-state index in [9.17, 15) is 0 Å². The van der Waals surface area contributed by atoms with Crippen LogP contribution in [0.4, 0.5) is 5.69 Å². The number of aromatic nitrogens is 1. The molecule has 0 N–H and O–H groups in total. The predicted molar refractivity (Wildman–Crippen MR) is 98.9 cm³/mol. The molecule has 3 nitrogen and oxygen atoms in total. The fraction of sp³-hybridized carbons (Fsp3) is 0.500. The molecule has 5 heteroatoms. The summed E-state index contributed by atoms with van der Waals surface area (Å²) in [5.41, 5.74) is 4.44. The van der Waals surface area contributed by atoms with E-state index in [2.05, 4.69) is 39.5 Å². The largest absolute Gasteiger partial charge is 0.490 e. The molecule has 0 radical (unpaired) electrons. The lowest BCUT2D eigenvalue weighted by atomic mass is 10.1. The van der Waals surface area contributed by atoms with Gasteiger partial charge < -0.3 is 9.64 Å². The van der Waals surface area contributed by atoms with Crippen LogP contribution in [0.25, 0.3) is 0 Å². The van der Waals surface area contributed by atoms with Crippen LogP contribution in [0.5, 0.6) is 5.75 Å². The van der Waals surface area contributed by atoms with E-state index in [0.717, 1.165) is 12.3 Å². The molecule has 1 aromatic heterocycles. The molecule has 2 aliphatic heterocycles. The first-order valence-corrected chi connectivity index (χ1v) is 10.5. The fourth-order valence-electron chi connectivity index (χ4n) is 3.47. The molecular weight excluding hydrogens is 324 g/mol. The molecule has 3 heterocycles. The number of benzene rings is 1. The van der Waals surface area contributed by atoms with E-state index in [-0.39, 0.29) is 0 Å². The van der Waals surface area contributed by atoms with Crippen molar-refractivity contribution in [1.82, 2.24) is 4.98 Å². The van der Waals surface area contributed by atoms with Crippen molar-refractivity contribution in [3.8, 4) is 5.75 Å². The highest BCUT2D eigenvalue weighted by Gasteiger charge is 2.27. The number of hydrogen-bond acceptors (Lipinski definition) is 5. The second-order valence-corrected chi connectivity index (χ2v) is 8.13. The Morgan fingerprint density at radius 2 is 1.91 bits per heavy atom. The second-order valence-electron chi connectivity index (χ2n) is 6.19. The highest BCUT2D eigenvalue weighted by Crippen LogP contribution is 2.36. The lowest BCUT2D eigenvalue weighted by Gasteiger charge is -2.26. The molecule has 0 saturated carbocycles. The Balaban J connectivity index is 1.45. The molecule has 0 unspecified atom stereocenters. The molecule has 1 aromatic carbocycles. The van der Waals surface area contributed by atoms with Gasteiger partial charge >= 0.3 is 0 Å². The molecule has 2 aliphatic rings. The lowest BCUT2D eigenvalue weighted by Crippen LogP contribution is -2.23. The summed E-state index contributed by atoms with van der Waals surface area (Å²) in [6.45, 7) is 1.11. The third-order valence-corrected chi connectivity index (χ3v) is 6.34. The first-order chi connectivity index (χ1) is 11.4. The quantitative estimate of drug-likeness (QED) is 0.797. The van der Waals surface area contributed by atoms with Gasteiger partial charge in [-0.25, -0.2) is 4.98 Å². The van der Waals surface area contributed by atoms with E-state index < -0.39 is 0 Å². The standard InChI is InChI=1S/C18H22N2OS2/c1-2-18(17-12-23-13-19-17)20(9-1)14-3-5-15(6-4-14)21-16-7-10-22-11-8-16/h3-6,12-13,16,18H,1-2,7-11H2/t18-/m1/s1. The number of rotatable bonds is 4. The van der Waals surface area contributed by atoms with Crippen LogP contribution in [-0.4, -0.2) is 29.1 Å². The van der Waals surface area contributed by atoms with Gasteiger partial charge in [0.05, 0.1) is 17.2 Å². The van der Waals surface area contributed by atoms with Crippen molar-refractivity contribution in [3.63, 3.8) is 0 Å². The average molecular weight is 347 g/mol. The molecule has 1 atom stereocenters. The first-order valence-electron chi connectivity index (χ1n) is 8.39. The van der Waals surface area contributed by atoms with Gasteiger partial charge in [-0.1, -0.05) is 0 Å². The molecule has 0 aliphatic carbocycles. The summed E-state index contributed by atoms with van der Waals surface area (Å²) in [5, 5.41) is 2.18. The van der Waals surface area contributed by atoms with Crippen molar-refractivity contribution in [1.29, 1.82) is 0 Å². The van der Waals surface area contributed by atoms with Gasteiger partial charge in [0.15, 0.2) is 0 Å². The summed E-state index contributed by atoms with van der Waals surface area (Å²) in [6.07, 6.45) is 5.17. The Morgan fingerprint density at radius 1 is 1.09 bits per heavy atom. The molecule has 0 spiro atoms. The third kappa shape index (κ3) is 3.50. The summed E-state index contributed by atoms with van der Waals surface area (Å²) in [7, 11) is 0. The molecule has 23 heavy (non-hydrogen) atoms. The van der Waals surface area contributed by atoms with Crippen LogP contribution in [0, 0.1) is 0 Å². The SMILES string of the molecule is c1nc([C@H]2CCCN2c2ccc(OC3CCSCC3)cc2)cs1. The number of ether oxygens (including phenoxy) is 1. The average Bonchev–Trinajstić information content (AvgIpc) is 3.28.